The predicted molar refractivity (Wildman–Crippen MR) is 95.1 cm³/mol. The van der Waals surface area contributed by atoms with Gasteiger partial charge in [0.15, 0.2) is 0 Å². The molecule has 1 aliphatic carbocycles. The molecule has 1 amide bonds. The SMILES string of the molecule is CC(O)c1cnc(C2CC2)cc1CNC(=O)[C@](O)(c1ccccc1)C(F)(F)F. The van der Waals surface area contributed by atoms with E-state index in [0.29, 0.717) is 17.0 Å². The summed E-state index contributed by atoms with van der Waals surface area (Å²) >= 11 is 0. The molecule has 0 aliphatic heterocycles. The zero-order valence-corrected chi connectivity index (χ0v) is 15.2. The van der Waals surface area contributed by atoms with Crippen LogP contribution >= 0.6 is 0 Å². The first kappa shape index (κ1) is 20.3. The van der Waals surface area contributed by atoms with Crippen LogP contribution in [0.4, 0.5) is 13.2 Å². The van der Waals surface area contributed by atoms with Gasteiger partial charge in [0.05, 0.1) is 6.10 Å². The number of carbonyl (C=O) groups excluding carboxylic acids is 1. The summed E-state index contributed by atoms with van der Waals surface area (Å²) in [5.74, 6) is -1.28. The number of nitrogens with zero attached hydrogens (tertiary/aromatic N) is 1. The minimum atomic E-state index is -5.21. The number of aliphatic hydroxyl groups is 2. The van der Waals surface area contributed by atoms with Crippen LogP contribution in [0.1, 0.15) is 54.2 Å². The summed E-state index contributed by atoms with van der Waals surface area (Å²) in [4.78, 5) is 16.7. The molecule has 1 aromatic heterocycles. The number of hydrogen-bond donors (Lipinski definition) is 3. The average Bonchev–Trinajstić information content (AvgIpc) is 3.50. The molecule has 1 unspecified atom stereocenters. The van der Waals surface area contributed by atoms with E-state index in [1.807, 2.05) is 0 Å². The minimum absolute atomic E-state index is 0.271. The van der Waals surface area contributed by atoms with Gasteiger partial charge in [-0.1, -0.05) is 30.3 Å². The lowest BCUT2D eigenvalue weighted by molar-refractivity contribution is -0.257. The van der Waals surface area contributed by atoms with Crippen molar-refractivity contribution in [1.82, 2.24) is 10.3 Å². The highest BCUT2D eigenvalue weighted by Gasteiger charge is 2.60. The second-order valence-corrected chi connectivity index (χ2v) is 7.02. The predicted octanol–water partition coefficient (Wildman–Crippen LogP) is 3.08. The van der Waals surface area contributed by atoms with E-state index in [1.165, 1.54) is 31.3 Å². The first-order valence-corrected chi connectivity index (χ1v) is 8.94. The number of carbonyl (C=O) groups is 1. The van der Waals surface area contributed by atoms with Gasteiger partial charge in [-0.25, -0.2) is 0 Å². The number of pyridine rings is 1. The molecule has 5 nitrogen and oxygen atoms in total. The number of aliphatic hydroxyl groups excluding tert-OH is 1. The third-order valence-electron chi connectivity index (χ3n) is 4.86. The standard InChI is InChI=1S/C20H21F3N2O3/c1-12(26)16-11-24-17(13-7-8-13)9-14(16)10-25-18(27)19(28,20(21,22)23)15-5-3-2-4-6-15/h2-6,9,11-13,26,28H,7-8,10H2,1H3,(H,25,27)/t12?,19-/m1/s1. The largest absolute Gasteiger partial charge is 0.430 e. The van der Waals surface area contributed by atoms with Gasteiger partial charge in [0.25, 0.3) is 11.5 Å². The Hall–Kier alpha value is -2.45. The van der Waals surface area contributed by atoms with Crippen molar-refractivity contribution in [2.24, 2.45) is 0 Å². The zero-order chi connectivity index (χ0) is 20.5. The molecule has 150 valence electrons. The van der Waals surface area contributed by atoms with Gasteiger partial charge in [-0.15, -0.1) is 0 Å². The second kappa shape index (κ2) is 7.52. The van der Waals surface area contributed by atoms with Crippen LogP contribution in [0.3, 0.4) is 0 Å². The van der Waals surface area contributed by atoms with Gasteiger partial charge in [0.1, 0.15) is 0 Å². The summed E-state index contributed by atoms with van der Waals surface area (Å²) in [5, 5.41) is 22.4. The molecule has 8 heteroatoms. The summed E-state index contributed by atoms with van der Waals surface area (Å²) in [5.41, 5.74) is -2.57. The third kappa shape index (κ3) is 3.88. The van der Waals surface area contributed by atoms with E-state index in [0.717, 1.165) is 30.7 Å². The van der Waals surface area contributed by atoms with Crippen molar-refractivity contribution in [2.75, 3.05) is 0 Å². The van der Waals surface area contributed by atoms with Crippen molar-refractivity contribution >= 4 is 5.91 Å². The van der Waals surface area contributed by atoms with E-state index in [-0.39, 0.29) is 6.54 Å². The zero-order valence-electron chi connectivity index (χ0n) is 15.2. The Kier molecular flexibility index (Phi) is 5.45. The summed E-state index contributed by atoms with van der Waals surface area (Å²) in [6, 6.07) is 7.90. The van der Waals surface area contributed by atoms with E-state index in [2.05, 4.69) is 10.3 Å². The van der Waals surface area contributed by atoms with E-state index >= 15 is 0 Å². The fourth-order valence-corrected chi connectivity index (χ4v) is 3.06. The van der Waals surface area contributed by atoms with Gasteiger partial charge in [-0.3, -0.25) is 9.78 Å². The van der Waals surface area contributed by atoms with Crippen LogP contribution in [0.2, 0.25) is 0 Å². The smallest absolute Gasteiger partial charge is 0.389 e. The van der Waals surface area contributed by atoms with Crippen LogP contribution in [0.25, 0.3) is 0 Å². The molecule has 28 heavy (non-hydrogen) atoms. The monoisotopic (exact) mass is 394 g/mol. The van der Waals surface area contributed by atoms with Crippen molar-refractivity contribution in [3.8, 4) is 0 Å². The van der Waals surface area contributed by atoms with Crippen molar-refractivity contribution < 1.29 is 28.2 Å². The molecular formula is C20H21F3N2O3. The fourth-order valence-electron chi connectivity index (χ4n) is 3.06. The maximum absolute atomic E-state index is 13.6. The number of hydrogen-bond acceptors (Lipinski definition) is 4. The van der Waals surface area contributed by atoms with Crippen molar-refractivity contribution in [2.45, 2.75) is 50.1 Å². The highest BCUT2D eigenvalue weighted by Crippen LogP contribution is 2.40. The van der Waals surface area contributed by atoms with Crippen LogP contribution in [-0.4, -0.2) is 27.3 Å². The summed E-state index contributed by atoms with van der Waals surface area (Å²) in [6.45, 7) is 1.24. The first-order valence-electron chi connectivity index (χ1n) is 8.94. The third-order valence-corrected chi connectivity index (χ3v) is 4.86. The highest BCUT2D eigenvalue weighted by molar-refractivity contribution is 5.87. The summed E-state index contributed by atoms with van der Waals surface area (Å²) < 4.78 is 40.8. The maximum Gasteiger partial charge on any atom is 0.430 e. The highest BCUT2D eigenvalue weighted by atomic mass is 19.4. The van der Waals surface area contributed by atoms with Gasteiger partial charge in [-0.2, -0.15) is 13.2 Å². The van der Waals surface area contributed by atoms with Gasteiger partial charge in [0.2, 0.25) is 0 Å². The van der Waals surface area contributed by atoms with E-state index < -0.39 is 29.4 Å². The topological polar surface area (TPSA) is 82.5 Å². The number of aromatic nitrogens is 1. The summed E-state index contributed by atoms with van der Waals surface area (Å²) in [6.07, 6.45) is -2.66. The Balaban J connectivity index is 1.87. The molecule has 0 saturated heterocycles. The molecule has 1 aliphatic rings. The van der Waals surface area contributed by atoms with Crippen LogP contribution in [0, 0.1) is 0 Å². The molecule has 0 radical (unpaired) electrons. The molecule has 1 heterocycles. The Morgan fingerprint density at radius 2 is 1.93 bits per heavy atom. The number of alkyl halides is 3. The van der Waals surface area contributed by atoms with E-state index in [1.54, 1.807) is 6.07 Å². The van der Waals surface area contributed by atoms with Crippen LogP contribution in [0.5, 0.6) is 0 Å². The normalized spacial score (nSPS) is 17.6. The van der Waals surface area contributed by atoms with E-state index in [9.17, 15) is 28.2 Å². The fraction of sp³-hybridized carbons (Fsp3) is 0.400. The van der Waals surface area contributed by atoms with Gasteiger partial charge < -0.3 is 15.5 Å². The van der Waals surface area contributed by atoms with Crippen LogP contribution < -0.4 is 5.32 Å². The molecule has 1 aromatic carbocycles. The molecule has 0 bridgehead atoms. The van der Waals surface area contributed by atoms with Crippen molar-refractivity contribution in [3.05, 3.63) is 65.0 Å². The van der Waals surface area contributed by atoms with Gasteiger partial charge in [-0.05, 0) is 31.4 Å². The molecule has 1 saturated carbocycles. The molecule has 1 fully saturated rings. The van der Waals surface area contributed by atoms with Gasteiger partial charge in [0, 0.05) is 35.5 Å². The molecule has 0 spiro atoms. The lowest BCUT2D eigenvalue weighted by Gasteiger charge is -2.29. The number of rotatable bonds is 6. The minimum Gasteiger partial charge on any atom is -0.389 e. The lowest BCUT2D eigenvalue weighted by atomic mass is 9.92. The second-order valence-electron chi connectivity index (χ2n) is 7.02. The number of amides is 1. The van der Waals surface area contributed by atoms with Crippen molar-refractivity contribution in [1.29, 1.82) is 0 Å². The number of benzene rings is 1. The van der Waals surface area contributed by atoms with Crippen LogP contribution in [-0.2, 0) is 16.9 Å². The Morgan fingerprint density at radius 3 is 2.46 bits per heavy atom. The lowest BCUT2D eigenvalue weighted by Crippen LogP contribution is -2.54. The van der Waals surface area contributed by atoms with E-state index in [4.69, 9.17) is 0 Å². The van der Waals surface area contributed by atoms with Crippen LogP contribution in [0.15, 0.2) is 42.6 Å². The maximum atomic E-state index is 13.6. The first-order chi connectivity index (χ1) is 13.1. The Morgan fingerprint density at radius 1 is 1.29 bits per heavy atom. The molecule has 2 aromatic rings. The Labute approximate surface area is 160 Å². The van der Waals surface area contributed by atoms with Gasteiger partial charge >= 0.3 is 6.18 Å². The van der Waals surface area contributed by atoms with Crippen molar-refractivity contribution in [3.63, 3.8) is 0 Å². The molecule has 3 N–H and O–H groups in total. The number of halogens is 3. The molecule has 3 rings (SSSR count). The molecule has 2 atom stereocenters. The number of nitrogens with one attached hydrogen (secondary N) is 1. The average molecular weight is 394 g/mol. The quantitative estimate of drug-likeness (QED) is 0.703. The molecular weight excluding hydrogens is 373 g/mol. The summed E-state index contributed by atoms with van der Waals surface area (Å²) in [7, 11) is 0. The Bertz CT molecular complexity index is 852.